The van der Waals surface area contributed by atoms with Crippen LogP contribution in [0.25, 0.3) is 6.08 Å². The molecule has 2 aromatic heterocycles. The summed E-state index contributed by atoms with van der Waals surface area (Å²) >= 11 is 0. The molecule has 23 heavy (non-hydrogen) atoms. The number of nitrogens with one attached hydrogen (secondary N) is 1. The lowest BCUT2D eigenvalue weighted by atomic mass is 10.3. The second-order valence-electron chi connectivity index (χ2n) is 4.81. The second-order valence-corrected chi connectivity index (χ2v) is 4.81. The Morgan fingerprint density at radius 2 is 2.13 bits per heavy atom. The number of hydrogen-bond donors (Lipinski definition) is 1. The number of hydrogen-bond acceptors (Lipinski definition) is 6. The van der Waals surface area contributed by atoms with Crippen LogP contribution >= 0.6 is 0 Å². The topological polar surface area (TPSA) is 69.2 Å². The van der Waals surface area contributed by atoms with Crippen molar-refractivity contribution in [1.82, 2.24) is 15.0 Å². The molecule has 0 saturated carbocycles. The van der Waals surface area contributed by atoms with Crippen LogP contribution < -0.4 is 14.8 Å². The predicted molar refractivity (Wildman–Crippen MR) is 90.7 cm³/mol. The number of anilines is 1. The first-order valence-electron chi connectivity index (χ1n) is 7.72. The Morgan fingerprint density at radius 3 is 2.87 bits per heavy atom. The van der Waals surface area contributed by atoms with Crippen LogP contribution in [0.1, 0.15) is 25.6 Å². The van der Waals surface area contributed by atoms with E-state index in [9.17, 15) is 0 Å². The fraction of sp³-hybridized carbons (Fsp3) is 0.353. The molecule has 6 nitrogen and oxygen atoms in total. The third-order valence-electron chi connectivity index (χ3n) is 3.02. The van der Waals surface area contributed by atoms with E-state index < -0.39 is 0 Å². The average Bonchev–Trinajstić information content (AvgIpc) is 2.60. The summed E-state index contributed by atoms with van der Waals surface area (Å²) in [6.07, 6.45) is 8.82. The molecule has 1 N–H and O–H groups in total. The van der Waals surface area contributed by atoms with Gasteiger partial charge in [-0.25, -0.2) is 9.97 Å². The van der Waals surface area contributed by atoms with Crippen LogP contribution in [-0.4, -0.2) is 34.7 Å². The molecule has 2 heterocycles. The van der Waals surface area contributed by atoms with E-state index in [0.29, 0.717) is 30.6 Å². The number of unbranched alkanes of at least 4 members (excludes halogenated alkanes) is 1. The predicted octanol–water partition coefficient (Wildman–Crippen LogP) is 3.18. The van der Waals surface area contributed by atoms with Gasteiger partial charge in [0, 0.05) is 12.7 Å². The average molecular weight is 314 g/mol. The van der Waals surface area contributed by atoms with Gasteiger partial charge in [-0.05, 0) is 24.6 Å². The largest absolute Gasteiger partial charge is 0.488 e. The van der Waals surface area contributed by atoms with E-state index in [2.05, 4.69) is 33.8 Å². The standard InChI is InChI=1S/C17H22N4O2/c1-3-5-9-19-17-15(13-20-16(4-2)21-17)23-11-10-22-14-7-6-8-18-12-14/h4,6-8,12-13H,2-3,5,9-11H2,1H3,(H,19,20,21). The Labute approximate surface area is 136 Å². The number of ether oxygens (including phenoxy) is 2. The minimum atomic E-state index is 0.397. The van der Waals surface area contributed by atoms with Crippen LogP contribution in [0, 0.1) is 0 Å². The van der Waals surface area contributed by atoms with Crippen LogP contribution in [0.15, 0.2) is 37.3 Å². The van der Waals surface area contributed by atoms with E-state index in [4.69, 9.17) is 9.47 Å². The molecule has 122 valence electrons. The van der Waals surface area contributed by atoms with E-state index in [1.807, 2.05) is 12.1 Å². The maximum absolute atomic E-state index is 5.72. The van der Waals surface area contributed by atoms with E-state index in [1.54, 1.807) is 24.7 Å². The van der Waals surface area contributed by atoms with Crippen molar-refractivity contribution in [3.63, 3.8) is 0 Å². The van der Waals surface area contributed by atoms with Gasteiger partial charge in [-0.2, -0.15) is 0 Å². The lowest BCUT2D eigenvalue weighted by Crippen LogP contribution is -2.12. The van der Waals surface area contributed by atoms with Gasteiger partial charge < -0.3 is 14.8 Å². The maximum atomic E-state index is 5.72. The lowest BCUT2D eigenvalue weighted by Gasteiger charge is -2.12. The summed E-state index contributed by atoms with van der Waals surface area (Å²) in [5.74, 6) is 2.59. The van der Waals surface area contributed by atoms with Crippen molar-refractivity contribution in [2.45, 2.75) is 19.8 Å². The Bertz CT molecular complexity index is 605. The molecule has 2 aromatic rings. The summed E-state index contributed by atoms with van der Waals surface area (Å²) in [4.78, 5) is 12.6. The molecular weight excluding hydrogens is 292 g/mol. The summed E-state index contributed by atoms with van der Waals surface area (Å²) in [5, 5.41) is 3.27. The summed E-state index contributed by atoms with van der Waals surface area (Å²) in [7, 11) is 0. The molecule has 6 heteroatoms. The highest BCUT2D eigenvalue weighted by Gasteiger charge is 2.07. The van der Waals surface area contributed by atoms with Gasteiger partial charge in [0.05, 0.1) is 12.4 Å². The minimum absolute atomic E-state index is 0.397. The zero-order valence-electron chi connectivity index (χ0n) is 13.4. The van der Waals surface area contributed by atoms with E-state index in [1.165, 1.54) is 0 Å². The Hall–Kier alpha value is -2.63. The molecule has 2 rings (SSSR count). The van der Waals surface area contributed by atoms with Gasteiger partial charge >= 0.3 is 0 Å². The molecular formula is C17H22N4O2. The normalized spacial score (nSPS) is 10.1. The van der Waals surface area contributed by atoms with Crippen LogP contribution in [0.3, 0.4) is 0 Å². The van der Waals surface area contributed by atoms with Gasteiger partial charge in [0.15, 0.2) is 17.4 Å². The van der Waals surface area contributed by atoms with Gasteiger partial charge in [-0.1, -0.05) is 19.9 Å². The SMILES string of the molecule is C=Cc1ncc(OCCOc2cccnc2)c(NCCCC)n1. The van der Waals surface area contributed by atoms with Crippen LogP contribution in [-0.2, 0) is 0 Å². The minimum Gasteiger partial charge on any atom is -0.488 e. The van der Waals surface area contributed by atoms with Crippen LogP contribution in [0.4, 0.5) is 5.82 Å². The van der Waals surface area contributed by atoms with Crippen molar-refractivity contribution in [2.75, 3.05) is 25.1 Å². The first kappa shape index (κ1) is 16.7. The number of pyridine rings is 1. The highest BCUT2D eigenvalue weighted by molar-refractivity contribution is 5.52. The van der Waals surface area contributed by atoms with Gasteiger partial charge in [0.25, 0.3) is 0 Å². The third kappa shape index (κ3) is 5.58. The van der Waals surface area contributed by atoms with E-state index >= 15 is 0 Å². The summed E-state index contributed by atoms with van der Waals surface area (Å²) in [6, 6.07) is 3.68. The summed E-state index contributed by atoms with van der Waals surface area (Å²) in [6.45, 7) is 7.49. The zero-order valence-corrected chi connectivity index (χ0v) is 13.4. The maximum Gasteiger partial charge on any atom is 0.180 e. The van der Waals surface area contributed by atoms with Crippen LogP contribution in [0.2, 0.25) is 0 Å². The van der Waals surface area contributed by atoms with Gasteiger partial charge in [-0.15, -0.1) is 0 Å². The van der Waals surface area contributed by atoms with E-state index in [0.717, 1.165) is 25.1 Å². The molecule has 0 atom stereocenters. The Morgan fingerprint density at radius 1 is 1.26 bits per heavy atom. The number of aromatic nitrogens is 3. The first-order chi connectivity index (χ1) is 11.3. The molecule has 0 saturated heterocycles. The molecule has 0 radical (unpaired) electrons. The van der Waals surface area contributed by atoms with Crippen molar-refractivity contribution >= 4 is 11.9 Å². The fourth-order valence-corrected chi connectivity index (χ4v) is 1.84. The molecule has 0 aromatic carbocycles. The third-order valence-corrected chi connectivity index (χ3v) is 3.02. The molecule has 0 aliphatic heterocycles. The smallest absolute Gasteiger partial charge is 0.180 e. The van der Waals surface area contributed by atoms with Crippen molar-refractivity contribution < 1.29 is 9.47 Å². The molecule has 0 unspecified atom stereocenters. The fourth-order valence-electron chi connectivity index (χ4n) is 1.84. The molecule has 0 bridgehead atoms. The van der Waals surface area contributed by atoms with E-state index in [-0.39, 0.29) is 0 Å². The molecule has 0 aliphatic carbocycles. The number of rotatable bonds is 10. The monoisotopic (exact) mass is 314 g/mol. The van der Waals surface area contributed by atoms with Gasteiger partial charge in [0.2, 0.25) is 0 Å². The second kappa shape index (κ2) is 9.40. The van der Waals surface area contributed by atoms with Crippen molar-refractivity contribution in [3.05, 3.63) is 43.1 Å². The van der Waals surface area contributed by atoms with Gasteiger partial charge in [0.1, 0.15) is 19.0 Å². The summed E-state index contributed by atoms with van der Waals surface area (Å²) in [5.41, 5.74) is 0. The quantitative estimate of drug-likeness (QED) is 0.679. The Kier molecular flexibility index (Phi) is 6.84. The summed E-state index contributed by atoms with van der Waals surface area (Å²) < 4.78 is 11.3. The number of nitrogens with zero attached hydrogens (tertiary/aromatic N) is 3. The van der Waals surface area contributed by atoms with Gasteiger partial charge in [-0.3, -0.25) is 4.98 Å². The first-order valence-corrected chi connectivity index (χ1v) is 7.72. The zero-order chi connectivity index (χ0) is 16.3. The van der Waals surface area contributed by atoms with Crippen molar-refractivity contribution in [3.8, 4) is 11.5 Å². The van der Waals surface area contributed by atoms with Crippen molar-refractivity contribution in [1.29, 1.82) is 0 Å². The van der Waals surface area contributed by atoms with Crippen molar-refractivity contribution in [2.24, 2.45) is 0 Å². The Balaban J connectivity index is 1.88. The highest BCUT2D eigenvalue weighted by atomic mass is 16.5. The van der Waals surface area contributed by atoms with Crippen LogP contribution in [0.5, 0.6) is 11.5 Å². The molecule has 0 amide bonds. The molecule has 0 spiro atoms. The molecule has 0 aliphatic rings. The molecule has 0 fully saturated rings. The lowest BCUT2D eigenvalue weighted by molar-refractivity contribution is 0.216. The highest BCUT2D eigenvalue weighted by Crippen LogP contribution is 2.21.